The highest BCUT2D eigenvalue weighted by Crippen LogP contribution is 2.79. The van der Waals surface area contributed by atoms with Crippen molar-refractivity contribution in [3.05, 3.63) is 22.6 Å². The van der Waals surface area contributed by atoms with Crippen LogP contribution in [0.1, 0.15) is 32.6 Å². The molecule has 4 saturated carbocycles. The van der Waals surface area contributed by atoms with E-state index in [9.17, 15) is 0 Å². The molecule has 0 radical (unpaired) electrons. The molecule has 0 aromatic rings. The molecule has 5 aliphatic rings. The predicted octanol–water partition coefficient (Wildman–Crippen LogP) is 3.06. The van der Waals surface area contributed by atoms with Gasteiger partial charge in [-0.1, -0.05) is 11.5 Å². The summed E-state index contributed by atoms with van der Waals surface area (Å²) in [6, 6.07) is 0. The van der Waals surface area contributed by atoms with Crippen molar-refractivity contribution in [1.29, 1.82) is 0 Å². The fourth-order valence-electron chi connectivity index (χ4n) is 4.56. The summed E-state index contributed by atoms with van der Waals surface area (Å²) in [7, 11) is 0. The quantitative estimate of drug-likeness (QED) is 0.490. The van der Waals surface area contributed by atoms with Gasteiger partial charge in [0.15, 0.2) is 0 Å². The topological polar surface area (TPSA) is 0 Å². The summed E-state index contributed by atoms with van der Waals surface area (Å²) in [6.07, 6.45) is 5.86. The molecule has 4 fully saturated rings. The van der Waals surface area contributed by atoms with E-state index in [0.717, 1.165) is 23.2 Å². The third-order valence-corrected chi connectivity index (χ3v) is 5.05. The van der Waals surface area contributed by atoms with E-state index < -0.39 is 0 Å². The van der Waals surface area contributed by atoms with E-state index in [1.807, 2.05) is 0 Å². The van der Waals surface area contributed by atoms with Crippen LogP contribution in [-0.4, -0.2) is 0 Å². The van der Waals surface area contributed by atoms with Crippen LogP contribution in [-0.2, 0) is 0 Å². The van der Waals surface area contributed by atoms with Crippen LogP contribution >= 0.6 is 0 Å². The van der Waals surface area contributed by atoms with E-state index in [-0.39, 0.29) is 0 Å². The maximum absolute atomic E-state index is 3.42. The maximum atomic E-state index is 3.42. The molecule has 13 heavy (non-hydrogen) atoms. The van der Waals surface area contributed by atoms with E-state index in [0.29, 0.717) is 0 Å². The zero-order valence-electron chi connectivity index (χ0n) is 8.06. The summed E-state index contributed by atoms with van der Waals surface area (Å²) in [5.41, 5.74) is 10.6. The molecule has 4 atom stereocenters. The molecule has 0 saturated heterocycles. The lowest BCUT2D eigenvalue weighted by molar-refractivity contribution is -0.0708. The second-order valence-corrected chi connectivity index (χ2v) is 5.46. The summed E-state index contributed by atoms with van der Waals surface area (Å²) < 4.78 is 0. The van der Waals surface area contributed by atoms with Gasteiger partial charge in [0, 0.05) is 0 Å². The molecule has 2 bridgehead atoms. The zero-order chi connectivity index (χ0) is 8.63. The van der Waals surface area contributed by atoms with Gasteiger partial charge in [0.25, 0.3) is 0 Å². The lowest BCUT2D eigenvalue weighted by atomic mass is 9.39. The average molecular weight is 170 g/mol. The standard InChI is InChI=1S/C13H14/c1-8-2-3-10-11(6-8)13-5-4-9(7-13)12(10)13/h9,11-12H,4-7H2,1H3. The molecule has 0 amide bonds. The highest BCUT2D eigenvalue weighted by molar-refractivity contribution is 5.40. The largest absolute Gasteiger partial charge is 0.0714 e. The van der Waals surface area contributed by atoms with Crippen molar-refractivity contribution in [3.8, 4) is 0 Å². The maximum Gasteiger partial charge on any atom is -0.00113 e. The minimum atomic E-state index is 0.788. The molecular weight excluding hydrogens is 156 g/mol. The number of fused-ring (bicyclic) bond motifs is 2. The van der Waals surface area contributed by atoms with Crippen molar-refractivity contribution >= 4 is 0 Å². The Bertz CT molecular complexity index is 398. The number of hydrogen-bond acceptors (Lipinski definition) is 0. The predicted molar refractivity (Wildman–Crippen MR) is 51.1 cm³/mol. The van der Waals surface area contributed by atoms with Crippen LogP contribution < -0.4 is 0 Å². The minimum absolute atomic E-state index is 0.788. The van der Waals surface area contributed by atoms with E-state index in [4.69, 9.17) is 0 Å². The Morgan fingerprint density at radius 2 is 2.31 bits per heavy atom. The second-order valence-electron chi connectivity index (χ2n) is 5.46. The van der Waals surface area contributed by atoms with Crippen LogP contribution in [0.3, 0.4) is 0 Å². The van der Waals surface area contributed by atoms with Gasteiger partial charge < -0.3 is 0 Å². The van der Waals surface area contributed by atoms with E-state index in [1.165, 1.54) is 24.8 Å². The first-order chi connectivity index (χ1) is 6.31. The third-order valence-electron chi connectivity index (χ3n) is 5.05. The molecule has 0 heterocycles. The molecule has 0 aliphatic heterocycles. The monoisotopic (exact) mass is 170 g/mol. The molecule has 1 spiro atoms. The highest BCUT2D eigenvalue weighted by atomic mass is 14.7. The minimum Gasteiger partial charge on any atom is -0.0714 e. The second kappa shape index (κ2) is 1.73. The van der Waals surface area contributed by atoms with Gasteiger partial charge in [-0.3, -0.25) is 0 Å². The van der Waals surface area contributed by atoms with Crippen LogP contribution in [0.4, 0.5) is 0 Å². The Hall–Kier alpha value is -0.700. The van der Waals surface area contributed by atoms with Crippen molar-refractivity contribution < 1.29 is 0 Å². The van der Waals surface area contributed by atoms with Gasteiger partial charge in [-0.25, -0.2) is 0 Å². The van der Waals surface area contributed by atoms with Gasteiger partial charge in [-0.05, 0) is 66.9 Å². The molecule has 0 aromatic heterocycles. The summed E-state index contributed by atoms with van der Waals surface area (Å²) >= 11 is 0. The lowest BCUT2D eigenvalue weighted by Gasteiger charge is -2.64. The fraction of sp³-hybridized carbons (Fsp3) is 0.692. The molecule has 0 N–H and O–H groups in total. The van der Waals surface area contributed by atoms with Crippen molar-refractivity contribution in [3.63, 3.8) is 0 Å². The van der Waals surface area contributed by atoms with Crippen molar-refractivity contribution in [2.45, 2.75) is 32.6 Å². The third kappa shape index (κ3) is 0.521. The van der Waals surface area contributed by atoms with Crippen molar-refractivity contribution in [1.82, 2.24) is 0 Å². The molecular formula is C13H14. The van der Waals surface area contributed by atoms with Crippen LogP contribution in [0.15, 0.2) is 22.6 Å². The van der Waals surface area contributed by atoms with Gasteiger partial charge >= 0.3 is 0 Å². The summed E-state index contributed by atoms with van der Waals surface area (Å²) in [5.74, 6) is 2.93. The Balaban J connectivity index is 1.90. The Labute approximate surface area is 79.0 Å². The Kier molecular flexibility index (Phi) is 0.894. The first kappa shape index (κ1) is 6.71. The van der Waals surface area contributed by atoms with Crippen LogP contribution in [0.2, 0.25) is 0 Å². The van der Waals surface area contributed by atoms with Gasteiger partial charge in [-0.15, -0.1) is 0 Å². The summed E-state index contributed by atoms with van der Waals surface area (Å²) in [6.45, 7) is 2.21. The molecule has 66 valence electrons. The first-order valence-corrected chi connectivity index (χ1v) is 5.52. The van der Waals surface area contributed by atoms with Gasteiger partial charge in [-0.2, -0.15) is 0 Å². The fourth-order valence-corrected chi connectivity index (χ4v) is 4.56. The van der Waals surface area contributed by atoms with Gasteiger partial charge in [0.05, 0.1) is 0 Å². The SMILES string of the molecule is CC1=C=C=C2C(C1)C13CCC(C1)C23. The Morgan fingerprint density at radius 3 is 3.15 bits per heavy atom. The van der Waals surface area contributed by atoms with Crippen LogP contribution in [0, 0.1) is 23.2 Å². The van der Waals surface area contributed by atoms with E-state index in [1.54, 1.807) is 12.0 Å². The highest BCUT2D eigenvalue weighted by Gasteiger charge is 2.71. The molecule has 0 nitrogen and oxygen atoms in total. The van der Waals surface area contributed by atoms with Crippen molar-refractivity contribution in [2.24, 2.45) is 23.2 Å². The number of rotatable bonds is 0. The molecule has 0 aromatic carbocycles. The number of allylic oxidation sites excluding steroid dienone is 2. The summed E-state index contributed by atoms with van der Waals surface area (Å²) in [5, 5.41) is 0. The van der Waals surface area contributed by atoms with Crippen LogP contribution in [0.5, 0.6) is 0 Å². The molecule has 5 rings (SSSR count). The summed E-state index contributed by atoms with van der Waals surface area (Å²) in [4.78, 5) is 0. The van der Waals surface area contributed by atoms with Gasteiger partial charge in [0.1, 0.15) is 0 Å². The molecule has 5 aliphatic carbocycles. The average Bonchev–Trinajstić information content (AvgIpc) is 2.64. The zero-order valence-corrected chi connectivity index (χ0v) is 8.06. The van der Waals surface area contributed by atoms with E-state index in [2.05, 4.69) is 18.4 Å². The lowest BCUT2D eigenvalue weighted by Crippen LogP contribution is -2.58. The molecule has 0 heteroatoms. The smallest absolute Gasteiger partial charge is 0.00113 e. The number of hydrogen-bond donors (Lipinski definition) is 0. The van der Waals surface area contributed by atoms with Crippen LogP contribution in [0.25, 0.3) is 0 Å². The Morgan fingerprint density at radius 1 is 1.38 bits per heavy atom. The first-order valence-electron chi connectivity index (χ1n) is 5.52. The van der Waals surface area contributed by atoms with Gasteiger partial charge in [0.2, 0.25) is 0 Å². The van der Waals surface area contributed by atoms with Crippen molar-refractivity contribution in [2.75, 3.05) is 0 Å². The molecule has 4 unspecified atom stereocenters. The normalized spacial score (nSPS) is 54.1. The van der Waals surface area contributed by atoms with E-state index >= 15 is 0 Å².